The van der Waals surface area contributed by atoms with Crippen LogP contribution in [0.5, 0.6) is 0 Å². The van der Waals surface area contributed by atoms with E-state index in [9.17, 15) is 0 Å². The van der Waals surface area contributed by atoms with Crippen molar-refractivity contribution in [3.05, 3.63) is 64.4 Å². The molecule has 2 aromatic rings. The van der Waals surface area contributed by atoms with Gasteiger partial charge in [0.15, 0.2) is 0 Å². The molecule has 0 aliphatic heterocycles. The highest BCUT2D eigenvalue weighted by Gasteiger charge is 1.99. The van der Waals surface area contributed by atoms with E-state index >= 15 is 0 Å². The van der Waals surface area contributed by atoms with Gasteiger partial charge in [-0.3, -0.25) is 0 Å². The third kappa shape index (κ3) is 2.80. The minimum Gasteiger partial charge on any atom is -0.241 e. The van der Waals surface area contributed by atoms with Crippen LogP contribution in [0.1, 0.15) is 16.8 Å². The standard InChI is InChI=1S/C13H12ClN/c1-10-7-12(9-13(14)15-10)8-11-5-3-2-4-6-11/h2-7,9H,8H2,1H3. The molecule has 0 amide bonds. The summed E-state index contributed by atoms with van der Waals surface area (Å²) in [6, 6.07) is 14.3. The van der Waals surface area contributed by atoms with E-state index in [0.717, 1.165) is 12.1 Å². The Morgan fingerprint density at radius 2 is 1.80 bits per heavy atom. The highest BCUT2D eigenvalue weighted by Crippen LogP contribution is 2.14. The minimum absolute atomic E-state index is 0.570. The molecule has 0 spiro atoms. The molecule has 1 nitrogen and oxygen atoms in total. The molecule has 76 valence electrons. The van der Waals surface area contributed by atoms with Crippen molar-refractivity contribution in [3.63, 3.8) is 0 Å². The Labute approximate surface area is 94.7 Å². The van der Waals surface area contributed by atoms with Gasteiger partial charge in [0.1, 0.15) is 5.15 Å². The lowest BCUT2D eigenvalue weighted by Gasteiger charge is -2.03. The van der Waals surface area contributed by atoms with Crippen molar-refractivity contribution in [2.24, 2.45) is 0 Å². The second-order valence-electron chi connectivity index (χ2n) is 3.60. The fourth-order valence-electron chi connectivity index (χ4n) is 1.63. The molecule has 0 atom stereocenters. The normalized spacial score (nSPS) is 10.3. The van der Waals surface area contributed by atoms with Crippen LogP contribution in [0.2, 0.25) is 5.15 Å². The van der Waals surface area contributed by atoms with Crippen molar-refractivity contribution in [1.29, 1.82) is 0 Å². The first kappa shape index (κ1) is 10.2. The third-order valence-corrected chi connectivity index (χ3v) is 2.43. The summed E-state index contributed by atoms with van der Waals surface area (Å²) in [5.74, 6) is 0. The largest absolute Gasteiger partial charge is 0.241 e. The number of hydrogen-bond donors (Lipinski definition) is 0. The van der Waals surface area contributed by atoms with Gasteiger partial charge in [0.2, 0.25) is 0 Å². The van der Waals surface area contributed by atoms with Gasteiger partial charge in [0.05, 0.1) is 0 Å². The van der Waals surface area contributed by atoms with Crippen molar-refractivity contribution >= 4 is 11.6 Å². The van der Waals surface area contributed by atoms with Gasteiger partial charge in [-0.1, -0.05) is 41.9 Å². The Balaban J connectivity index is 2.25. The molecule has 1 aromatic carbocycles. The van der Waals surface area contributed by atoms with Gasteiger partial charge < -0.3 is 0 Å². The van der Waals surface area contributed by atoms with Crippen molar-refractivity contribution in [1.82, 2.24) is 4.98 Å². The van der Waals surface area contributed by atoms with E-state index in [1.807, 2.05) is 31.2 Å². The monoisotopic (exact) mass is 217 g/mol. The lowest BCUT2D eigenvalue weighted by molar-refractivity contribution is 1.12. The number of rotatable bonds is 2. The molecule has 0 saturated carbocycles. The van der Waals surface area contributed by atoms with Crippen LogP contribution in [-0.2, 0) is 6.42 Å². The van der Waals surface area contributed by atoms with Crippen LogP contribution in [0.15, 0.2) is 42.5 Å². The number of halogens is 1. The maximum absolute atomic E-state index is 5.91. The summed E-state index contributed by atoms with van der Waals surface area (Å²) in [6.07, 6.45) is 0.907. The average molecular weight is 218 g/mol. The lowest BCUT2D eigenvalue weighted by atomic mass is 10.1. The molecule has 0 fully saturated rings. The van der Waals surface area contributed by atoms with Crippen LogP contribution in [0.4, 0.5) is 0 Å². The molecular formula is C13H12ClN. The van der Waals surface area contributed by atoms with Gasteiger partial charge in [0, 0.05) is 5.69 Å². The number of nitrogens with zero attached hydrogens (tertiary/aromatic N) is 1. The molecule has 1 heterocycles. The highest BCUT2D eigenvalue weighted by molar-refractivity contribution is 6.29. The number of aromatic nitrogens is 1. The number of aryl methyl sites for hydroxylation is 1. The zero-order valence-corrected chi connectivity index (χ0v) is 9.33. The fourth-order valence-corrected chi connectivity index (χ4v) is 1.90. The third-order valence-electron chi connectivity index (χ3n) is 2.23. The molecule has 0 unspecified atom stereocenters. The molecule has 0 bridgehead atoms. The first-order valence-electron chi connectivity index (χ1n) is 4.91. The van der Waals surface area contributed by atoms with Gasteiger partial charge >= 0.3 is 0 Å². The Morgan fingerprint density at radius 3 is 2.47 bits per heavy atom. The van der Waals surface area contributed by atoms with E-state index in [2.05, 4.69) is 23.2 Å². The maximum Gasteiger partial charge on any atom is 0.129 e. The fraction of sp³-hybridized carbons (Fsp3) is 0.154. The minimum atomic E-state index is 0.570. The molecule has 0 aliphatic carbocycles. The Bertz CT molecular complexity index is 431. The van der Waals surface area contributed by atoms with Crippen molar-refractivity contribution < 1.29 is 0 Å². The van der Waals surface area contributed by atoms with Gasteiger partial charge in [-0.15, -0.1) is 0 Å². The quantitative estimate of drug-likeness (QED) is 0.700. The molecule has 2 rings (SSSR count). The molecule has 2 heteroatoms. The number of benzene rings is 1. The predicted octanol–water partition coefficient (Wildman–Crippen LogP) is 3.63. The van der Waals surface area contributed by atoms with E-state index in [0.29, 0.717) is 5.15 Å². The summed E-state index contributed by atoms with van der Waals surface area (Å²) in [7, 11) is 0. The van der Waals surface area contributed by atoms with Crippen LogP contribution >= 0.6 is 11.6 Å². The summed E-state index contributed by atoms with van der Waals surface area (Å²) in [5.41, 5.74) is 3.46. The van der Waals surface area contributed by atoms with E-state index < -0.39 is 0 Å². The molecule has 1 aromatic heterocycles. The van der Waals surface area contributed by atoms with Crippen LogP contribution in [-0.4, -0.2) is 4.98 Å². The second kappa shape index (κ2) is 4.45. The first-order valence-corrected chi connectivity index (χ1v) is 5.29. The predicted molar refractivity (Wildman–Crippen MR) is 63.2 cm³/mol. The molecule has 0 radical (unpaired) electrons. The van der Waals surface area contributed by atoms with E-state index in [1.54, 1.807) is 0 Å². The smallest absolute Gasteiger partial charge is 0.129 e. The van der Waals surface area contributed by atoms with Crippen LogP contribution in [0.25, 0.3) is 0 Å². The van der Waals surface area contributed by atoms with Crippen LogP contribution in [0, 0.1) is 6.92 Å². The molecule has 0 aliphatic rings. The van der Waals surface area contributed by atoms with Crippen LogP contribution < -0.4 is 0 Å². The lowest BCUT2D eigenvalue weighted by Crippen LogP contribution is -1.91. The van der Waals surface area contributed by atoms with Crippen molar-refractivity contribution in [2.75, 3.05) is 0 Å². The summed E-state index contributed by atoms with van der Waals surface area (Å²) < 4.78 is 0. The Kier molecular flexibility index (Phi) is 3.02. The van der Waals surface area contributed by atoms with E-state index in [-0.39, 0.29) is 0 Å². The summed E-state index contributed by atoms with van der Waals surface area (Å²) in [6.45, 7) is 1.96. The van der Waals surface area contributed by atoms with E-state index in [4.69, 9.17) is 11.6 Å². The summed E-state index contributed by atoms with van der Waals surface area (Å²) in [5, 5.41) is 0.570. The van der Waals surface area contributed by atoms with E-state index in [1.165, 1.54) is 11.1 Å². The highest BCUT2D eigenvalue weighted by atomic mass is 35.5. The van der Waals surface area contributed by atoms with Gasteiger partial charge in [-0.25, -0.2) is 4.98 Å². The van der Waals surface area contributed by atoms with Gasteiger partial charge in [0.25, 0.3) is 0 Å². The zero-order valence-electron chi connectivity index (χ0n) is 8.57. The van der Waals surface area contributed by atoms with Crippen LogP contribution in [0.3, 0.4) is 0 Å². The molecule has 0 saturated heterocycles. The topological polar surface area (TPSA) is 12.9 Å². The molecule has 0 N–H and O–H groups in total. The molecular weight excluding hydrogens is 206 g/mol. The van der Waals surface area contributed by atoms with Crippen molar-refractivity contribution in [2.45, 2.75) is 13.3 Å². The van der Waals surface area contributed by atoms with Gasteiger partial charge in [-0.2, -0.15) is 0 Å². The maximum atomic E-state index is 5.91. The number of hydrogen-bond acceptors (Lipinski definition) is 1. The first-order chi connectivity index (χ1) is 7.24. The Morgan fingerprint density at radius 1 is 1.07 bits per heavy atom. The SMILES string of the molecule is Cc1cc(Cc2ccccc2)cc(Cl)n1. The zero-order chi connectivity index (χ0) is 10.7. The number of pyridine rings is 1. The average Bonchev–Trinajstić information content (AvgIpc) is 2.17. The van der Waals surface area contributed by atoms with Crippen molar-refractivity contribution in [3.8, 4) is 0 Å². The second-order valence-corrected chi connectivity index (χ2v) is 3.99. The van der Waals surface area contributed by atoms with Gasteiger partial charge in [-0.05, 0) is 36.6 Å². The summed E-state index contributed by atoms with van der Waals surface area (Å²) >= 11 is 5.91. The molecule has 15 heavy (non-hydrogen) atoms. The summed E-state index contributed by atoms with van der Waals surface area (Å²) in [4.78, 5) is 4.14. The Hall–Kier alpha value is -1.34.